The van der Waals surface area contributed by atoms with Gasteiger partial charge in [0.1, 0.15) is 12.0 Å². The maximum Gasteiger partial charge on any atom is 0.188 e. The van der Waals surface area contributed by atoms with Crippen molar-refractivity contribution in [2.75, 3.05) is 11.9 Å². The Kier molecular flexibility index (Phi) is 3.62. The molecule has 1 aliphatic rings. The van der Waals surface area contributed by atoms with Crippen LogP contribution in [-0.4, -0.2) is 26.1 Å². The van der Waals surface area contributed by atoms with E-state index in [9.17, 15) is 4.39 Å². The second-order valence-electron chi connectivity index (χ2n) is 5.27. The first kappa shape index (κ1) is 14.4. The molecule has 0 amide bonds. The molecule has 23 heavy (non-hydrogen) atoms. The molecule has 6 nitrogen and oxygen atoms in total. The minimum absolute atomic E-state index is 0.0797. The Balaban J connectivity index is 1.79. The number of halogens is 1. The van der Waals surface area contributed by atoms with Gasteiger partial charge in [-0.3, -0.25) is 4.57 Å². The van der Waals surface area contributed by atoms with E-state index < -0.39 is 0 Å². The SMILES string of the molecule is Fc1ccccc1Nc1nc(S)nc2c1ncn2C1CCCO1. The number of thiol groups is 1. The van der Waals surface area contributed by atoms with Crippen molar-refractivity contribution in [1.82, 2.24) is 19.5 Å². The average Bonchev–Trinajstić information content (AvgIpc) is 3.18. The summed E-state index contributed by atoms with van der Waals surface area (Å²) >= 11 is 4.25. The van der Waals surface area contributed by atoms with Crippen LogP contribution in [0.15, 0.2) is 35.7 Å². The van der Waals surface area contributed by atoms with Crippen molar-refractivity contribution < 1.29 is 9.13 Å². The first-order valence-electron chi connectivity index (χ1n) is 7.29. The van der Waals surface area contributed by atoms with Gasteiger partial charge in [-0.2, -0.15) is 0 Å². The Morgan fingerprint density at radius 3 is 2.96 bits per heavy atom. The van der Waals surface area contributed by atoms with Gasteiger partial charge in [-0.25, -0.2) is 19.3 Å². The van der Waals surface area contributed by atoms with Crippen LogP contribution >= 0.6 is 12.6 Å². The highest BCUT2D eigenvalue weighted by molar-refractivity contribution is 7.80. The van der Waals surface area contributed by atoms with Gasteiger partial charge in [0.15, 0.2) is 22.1 Å². The van der Waals surface area contributed by atoms with Crippen LogP contribution in [0.5, 0.6) is 0 Å². The fourth-order valence-corrected chi connectivity index (χ4v) is 2.87. The Labute approximate surface area is 137 Å². The number of nitrogens with one attached hydrogen (secondary N) is 1. The van der Waals surface area contributed by atoms with Crippen LogP contribution in [0.2, 0.25) is 0 Å². The van der Waals surface area contributed by atoms with Gasteiger partial charge in [0.2, 0.25) is 0 Å². The molecule has 1 saturated heterocycles. The number of hydrogen-bond acceptors (Lipinski definition) is 6. The topological polar surface area (TPSA) is 64.9 Å². The number of nitrogens with zero attached hydrogens (tertiary/aromatic N) is 4. The van der Waals surface area contributed by atoms with Gasteiger partial charge in [0.05, 0.1) is 12.0 Å². The van der Waals surface area contributed by atoms with Crippen molar-refractivity contribution in [3.63, 3.8) is 0 Å². The maximum absolute atomic E-state index is 13.9. The molecule has 1 fully saturated rings. The summed E-state index contributed by atoms with van der Waals surface area (Å²) in [7, 11) is 0. The lowest BCUT2D eigenvalue weighted by Gasteiger charge is -2.12. The van der Waals surface area contributed by atoms with Crippen molar-refractivity contribution in [3.8, 4) is 0 Å². The number of fused-ring (bicyclic) bond motifs is 1. The quantitative estimate of drug-likeness (QED) is 0.569. The molecule has 3 heterocycles. The second kappa shape index (κ2) is 5.78. The van der Waals surface area contributed by atoms with E-state index in [1.807, 2.05) is 4.57 Å². The third kappa shape index (κ3) is 2.64. The number of para-hydroxylation sites is 1. The largest absolute Gasteiger partial charge is 0.358 e. The molecule has 1 atom stereocenters. The molecule has 2 aromatic heterocycles. The van der Waals surface area contributed by atoms with Crippen LogP contribution < -0.4 is 5.32 Å². The van der Waals surface area contributed by atoms with Gasteiger partial charge in [-0.05, 0) is 25.0 Å². The van der Waals surface area contributed by atoms with Gasteiger partial charge in [-0.1, -0.05) is 12.1 Å². The lowest BCUT2D eigenvalue weighted by Crippen LogP contribution is -2.07. The van der Waals surface area contributed by atoms with Crippen LogP contribution in [0.1, 0.15) is 19.1 Å². The molecule has 8 heteroatoms. The monoisotopic (exact) mass is 331 g/mol. The van der Waals surface area contributed by atoms with Gasteiger partial charge in [0.25, 0.3) is 0 Å². The Hall–Kier alpha value is -2.19. The van der Waals surface area contributed by atoms with E-state index in [2.05, 4.69) is 32.9 Å². The molecule has 1 aliphatic heterocycles. The molecule has 4 rings (SSSR count). The predicted molar refractivity (Wildman–Crippen MR) is 86.5 cm³/mol. The summed E-state index contributed by atoms with van der Waals surface area (Å²) in [6, 6.07) is 6.40. The zero-order valence-electron chi connectivity index (χ0n) is 12.1. The fourth-order valence-electron chi connectivity index (χ4n) is 2.67. The summed E-state index contributed by atoms with van der Waals surface area (Å²) in [5.41, 5.74) is 1.50. The minimum atomic E-state index is -0.362. The van der Waals surface area contributed by atoms with Crippen LogP contribution in [0, 0.1) is 5.82 Å². The second-order valence-corrected chi connectivity index (χ2v) is 5.67. The van der Waals surface area contributed by atoms with Crippen LogP contribution in [0.25, 0.3) is 11.2 Å². The number of anilines is 2. The molecule has 118 valence electrons. The molecule has 0 saturated carbocycles. The van der Waals surface area contributed by atoms with Gasteiger partial charge in [-0.15, -0.1) is 12.6 Å². The number of rotatable bonds is 3. The van der Waals surface area contributed by atoms with Gasteiger partial charge < -0.3 is 10.1 Å². The highest BCUT2D eigenvalue weighted by Crippen LogP contribution is 2.30. The number of imidazole rings is 1. The molecule has 0 radical (unpaired) electrons. The normalized spacial score (nSPS) is 17.7. The van der Waals surface area contributed by atoms with E-state index in [1.165, 1.54) is 6.07 Å². The van der Waals surface area contributed by atoms with Crippen molar-refractivity contribution in [2.45, 2.75) is 24.2 Å². The van der Waals surface area contributed by atoms with Crippen molar-refractivity contribution in [3.05, 3.63) is 36.4 Å². The number of aromatic nitrogens is 4. The molecule has 0 bridgehead atoms. The zero-order chi connectivity index (χ0) is 15.8. The standard InChI is InChI=1S/C15H14FN5OS/c16-9-4-1-2-5-10(9)18-13-12-14(20-15(23)19-13)21(8-17-12)11-6-3-7-22-11/h1-2,4-5,8,11H,3,6-7H2,(H2,18,19,20,23). The molecular formula is C15H14FN5OS. The number of benzene rings is 1. The van der Waals surface area contributed by atoms with E-state index >= 15 is 0 Å². The summed E-state index contributed by atoms with van der Waals surface area (Å²) in [5, 5.41) is 3.26. The van der Waals surface area contributed by atoms with Crippen LogP contribution in [0.3, 0.4) is 0 Å². The first-order chi connectivity index (χ1) is 11.2. The fraction of sp³-hybridized carbons (Fsp3) is 0.267. The van der Waals surface area contributed by atoms with Crippen LogP contribution in [-0.2, 0) is 4.74 Å². The van der Waals surface area contributed by atoms with Crippen LogP contribution in [0.4, 0.5) is 15.9 Å². The molecule has 1 N–H and O–H groups in total. The molecular weight excluding hydrogens is 317 g/mol. The zero-order valence-corrected chi connectivity index (χ0v) is 13.0. The summed E-state index contributed by atoms with van der Waals surface area (Å²) in [6.45, 7) is 0.726. The highest BCUT2D eigenvalue weighted by atomic mass is 32.1. The van der Waals surface area contributed by atoms with Gasteiger partial charge >= 0.3 is 0 Å². The molecule has 0 spiro atoms. The lowest BCUT2D eigenvalue weighted by molar-refractivity contribution is 0.0592. The maximum atomic E-state index is 13.9. The highest BCUT2D eigenvalue weighted by Gasteiger charge is 2.22. The summed E-state index contributed by atoms with van der Waals surface area (Å²) in [6.07, 6.45) is 3.51. The molecule has 3 aromatic rings. The lowest BCUT2D eigenvalue weighted by atomic mass is 10.3. The van der Waals surface area contributed by atoms with E-state index in [-0.39, 0.29) is 17.2 Å². The minimum Gasteiger partial charge on any atom is -0.358 e. The van der Waals surface area contributed by atoms with Gasteiger partial charge in [0, 0.05) is 6.61 Å². The van der Waals surface area contributed by atoms with E-state index in [4.69, 9.17) is 4.74 Å². The Bertz CT molecular complexity index is 862. The van der Waals surface area contributed by atoms with Crippen molar-refractivity contribution in [1.29, 1.82) is 0 Å². The Morgan fingerprint density at radius 1 is 1.30 bits per heavy atom. The van der Waals surface area contributed by atoms with E-state index in [0.29, 0.717) is 22.7 Å². The third-order valence-corrected chi connectivity index (χ3v) is 3.95. The Morgan fingerprint density at radius 2 is 2.17 bits per heavy atom. The van der Waals surface area contributed by atoms with Crippen molar-refractivity contribution in [2.24, 2.45) is 0 Å². The predicted octanol–water partition coefficient (Wildman–Crippen LogP) is 3.31. The van der Waals surface area contributed by atoms with E-state index in [1.54, 1.807) is 24.5 Å². The number of ether oxygens (including phenoxy) is 1. The first-order valence-corrected chi connectivity index (χ1v) is 7.74. The van der Waals surface area contributed by atoms with Crippen molar-refractivity contribution >= 4 is 35.3 Å². The number of hydrogen-bond donors (Lipinski definition) is 2. The van der Waals surface area contributed by atoms with E-state index in [0.717, 1.165) is 19.4 Å². The molecule has 0 aliphatic carbocycles. The summed E-state index contributed by atoms with van der Waals surface area (Å²) in [5.74, 6) is 0.0559. The molecule has 1 aromatic carbocycles. The molecule has 1 unspecified atom stereocenters. The smallest absolute Gasteiger partial charge is 0.188 e. The summed E-state index contributed by atoms with van der Waals surface area (Å²) < 4.78 is 21.4. The summed E-state index contributed by atoms with van der Waals surface area (Å²) in [4.78, 5) is 13.0. The average molecular weight is 331 g/mol. The third-order valence-electron chi connectivity index (χ3n) is 3.75.